The van der Waals surface area contributed by atoms with Gasteiger partial charge in [-0.25, -0.2) is 8.51 Å². The second-order valence-electron chi connectivity index (χ2n) is 2.41. The van der Waals surface area contributed by atoms with E-state index in [1.807, 2.05) is 6.92 Å². The van der Waals surface area contributed by atoms with Crippen LogP contribution in [0.2, 0.25) is 0 Å². The molecule has 2 unspecified atom stereocenters. The van der Waals surface area contributed by atoms with Crippen LogP contribution in [0.1, 0.15) is 26.7 Å². The summed E-state index contributed by atoms with van der Waals surface area (Å²) in [5.41, 5.74) is 0. The van der Waals surface area contributed by atoms with Crippen molar-refractivity contribution in [2.45, 2.75) is 32.7 Å². The molecule has 0 bridgehead atoms. The standard InChI is InChI=1S/C6H15NO2S/c1-4-5-6(2)7(3)10(8)9/h6H,4-5H2,1-3H3,(H,8,9). The van der Waals surface area contributed by atoms with E-state index < -0.39 is 11.3 Å². The normalized spacial score (nSPS) is 17.3. The highest BCUT2D eigenvalue weighted by atomic mass is 32.2. The van der Waals surface area contributed by atoms with Crippen LogP contribution in [-0.4, -0.2) is 26.2 Å². The maximum atomic E-state index is 10.5. The Morgan fingerprint density at radius 1 is 1.70 bits per heavy atom. The molecule has 1 N–H and O–H groups in total. The first-order chi connectivity index (χ1) is 4.59. The number of hydrogen-bond donors (Lipinski definition) is 1. The minimum absolute atomic E-state index is 0.191. The van der Waals surface area contributed by atoms with E-state index in [0.29, 0.717) is 0 Å². The van der Waals surface area contributed by atoms with Crippen LogP contribution in [0.4, 0.5) is 0 Å². The molecule has 0 spiro atoms. The molecule has 0 radical (unpaired) electrons. The third-order valence-corrected chi connectivity index (χ3v) is 2.43. The van der Waals surface area contributed by atoms with Gasteiger partial charge in [-0.15, -0.1) is 0 Å². The topological polar surface area (TPSA) is 40.5 Å². The van der Waals surface area contributed by atoms with Gasteiger partial charge in [0.15, 0.2) is 0 Å². The Labute approximate surface area is 64.8 Å². The molecule has 0 saturated carbocycles. The summed E-state index contributed by atoms with van der Waals surface area (Å²) in [6.45, 7) is 4.00. The summed E-state index contributed by atoms with van der Waals surface area (Å²) in [5.74, 6) is 0. The minimum atomic E-state index is -1.81. The molecule has 2 atom stereocenters. The van der Waals surface area contributed by atoms with Crippen molar-refractivity contribution in [3.05, 3.63) is 0 Å². The van der Waals surface area contributed by atoms with E-state index in [9.17, 15) is 4.21 Å². The lowest BCUT2D eigenvalue weighted by Gasteiger charge is -2.18. The first kappa shape index (κ1) is 10.1. The molecule has 0 aliphatic heterocycles. The first-order valence-electron chi connectivity index (χ1n) is 3.43. The molecule has 0 aliphatic carbocycles. The van der Waals surface area contributed by atoms with E-state index in [1.165, 1.54) is 4.31 Å². The van der Waals surface area contributed by atoms with E-state index in [4.69, 9.17) is 4.55 Å². The zero-order valence-electron chi connectivity index (χ0n) is 6.70. The predicted octanol–water partition coefficient (Wildman–Crippen LogP) is 1.24. The van der Waals surface area contributed by atoms with Crippen LogP contribution in [0.3, 0.4) is 0 Å². The van der Waals surface area contributed by atoms with Crippen LogP contribution >= 0.6 is 0 Å². The van der Waals surface area contributed by atoms with Gasteiger partial charge in [0.25, 0.3) is 0 Å². The average Bonchev–Trinajstić information content (AvgIpc) is 1.87. The summed E-state index contributed by atoms with van der Waals surface area (Å²) in [7, 11) is 1.65. The van der Waals surface area contributed by atoms with Crippen LogP contribution in [-0.2, 0) is 11.3 Å². The van der Waals surface area contributed by atoms with E-state index in [0.717, 1.165) is 12.8 Å². The SMILES string of the molecule is CCCC(C)N(C)S(=O)O. The van der Waals surface area contributed by atoms with Crippen molar-refractivity contribution >= 4 is 11.3 Å². The van der Waals surface area contributed by atoms with Gasteiger partial charge in [-0.2, -0.15) is 0 Å². The van der Waals surface area contributed by atoms with Gasteiger partial charge in [-0.1, -0.05) is 13.3 Å². The third kappa shape index (κ3) is 3.29. The molecule has 0 aromatic heterocycles. The second-order valence-corrected chi connectivity index (χ2v) is 3.45. The highest BCUT2D eigenvalue weighted by Gasteiger charge is 2.11. The molecule has 0 aliphatic rings. The molecule has 0 saturated heterocycles. The first-order valence-corrected chi connectivity index (χ1v) is 4.49. The summed E-state index contributed by atoms with van der Waals surface area (Å²) in [5, 5.41) is 0. The van der Waals surface area contributed by atoms with Crippen molar-refractivity contribution in [2.24, 2.45) is 0 Å². The lowest BCUT2D eigenvalue weighted by atomic mass is 10.2. The van der Waals surface area contributed by atoms with Crippen molar-refractivity contribution in [3.8, 4) is 0 Å². The van der Waals surface area contributed by atoms with Crippen molar-refractivity contribution < 1.29 is 8.76 Å². The van der Waals surface area contributed by atoms with E-state index in [2.05, 4.69) is 6.92 Å². The Bertz CT molecular complexity index is 118. The molecular formula is C6H15NO2S. The smallest absolute Gasteiger partial charge is 0.234 e. The van der Waals surface area contributed by atoms with Crippen LogP contribution in [0.25, 0.3) is 0 Å². The van der Waals surface area contributed by atoms with Crippen molar-refractivity contribution in [3.63, 3.8) is 0 Å². The van der Waals surface area contributed by atoms with Crippen molar-refractivity contribution in [2.75, 3.05) is 7.05 Å². The zero-order valence-corrected chi connectivity index (χ0v) is 7.52. The Kier molecular flexibility index (Phi) is 4.85. The fourth-order valence-electron chi connectivity index (χ4n) is 0.754. The van der Waals surface area contributed by atoms with Crippen molar-refractivity contribution in [1.29, 1.82) is 0 Å². The van der Waals surface area contributed by atoms with Gasteiger partial charge in [0.05, 0.1) is 0 Å². The van der Waals surface area contributed by atoms with Crippen LogP contribution in [0.5, 0.6) is 0 Å². The van der Waals surface area contributed by atoms with Gasteiger partial charge in [-0.05, 0) is 13.3 Å². The maximum Gasteiger partial charge on any atom is 0.234 e. The molecule has 0 fully saturated rings. The predicted molar refractivity (Wildman–Crippen MR) is 42.9 cm³/mol. The maximum absolute atomic E-state index is 10.5. The number of rotatable bonds is 4. The van der Waals surface area contributed by atoms with Gasteiger partial charge in [0.2, 0.25) is 11.3 Å². The molecule has 4 heteroatoms. The minimum Gasteiger partial charge on any atom is -0.294 e. The number of hydrogen-bond acceptors (Lipinski definition) is 1. The van der Waals surface area contributed by atoms with E-state index in [1.54, 1.807) is 7.05 Å². The Morgan fingerprint density at radius 3 is 2.50 bits per heavy atom. The quantitative estimate of drug-likeness (QED) is 0.637. The lowest BCUT2D eigenvalue weighted by Crippen LogP contribution is -2.30. The summed E-state index contributed by atoms with van der Waals surface area (Å²) >= 11 is -1.81. The molecule has 0 aromatic rings. The molecule has 62 valence electrons. The van der Waals surface area contributed by atoms with Crippen LogP contribution < -0.4 is 0 Å². The summed E-state index contributed by atoms with van der Waals surface area (Å²) in [6.07, 6.45) is 2.01. The second kappa shape index (κ2) is 4.82. The molecule has 0 rings (SSSR count). The molecular weight excluding hydrogens is 150 g/mol. The van der Waals surface area contributed by atoms with Crippen molar-refractivity contribution in [1.82, 2.24) is 4.31 Å². The highest BCUT2D eigenvalue weighted by Crippen LogP contribution is 2.04. The fourth-order valence-corrected chi connectivity index (χ4v) is 1.17. The molecule has 0 amide bonds. The largest absolute Gasteiger partial charge is 0.294 e. The lowest BCUT2D eigenvalue weighted by molar-refractivity contribution is 0.359. The van der Waals surface area contributed by atoms with Crippen LogP contribution in [0.15, 0.2) is 0 Å². The van der Waals surface area contributed by atoms with Gasteiger partial charge < -0.3 is 0 Å². The molecule has 0 aromatic carbocycles. The number of nitrogens with zero attached hydrogens (tertiary/aromatic N) is 1. The molecule has 0 heterocycles. The summed E-state index contributed by atoms with van der Waals surface area (Å²) in [6, 6.07) is 0.191. The fraction of sp³-hybridized carbons (Fsp3) is 1.00. The van der Waals surface area contributed by atoms with E-state index in [-0.39, 0.29) is 6.04 Å². The summed E-state index contributed by atoms with van der Waals surface area (Å²) in [4.78, 5) is 0. The Hall–Kier alpha value is 0.0700. The monoisotopic (exact) mass is 165 g/mol. The Morgan fingerprint density at radius 2 is 2.20 bits per heavy atom. The van der Waals surface area contributed by atoms with Gasteiger partial charge >= 0.3 is 0 Å². The van der Waals surface area contributed by atoms with Crippen LogP contribution in [0, 0.1) is 0 Å². The zero-order chi connectivity index (χ0) is 8.15. The van der Waals surface area contributed by atoms with Gasteiger partial charge in [-0.3, -0.25) is 4.55 Å². The highest BCUT2D eigenvalue weighted by molar-refractivity contribution is 7.76. The third-order valence-electron chi connectivity index (χ3n) is 1.57. The summed E-state index contributed by atoms with van der Waals surface area (Å²) < 4.78 is 20.5. The average molecular weight is 165 g/mol. The molecule has 10 heavy (non-hydrogen) atoms. The van der Waals surface area contributed by atoms with Gasteiger partial charge in [0.1, 0.15) is 0 Å². The van der Waals surface area contributed by atoms with E-state index >= 15 is 0 Å². The van der Waals surface area contributed by atoms with Gasteiger partial charge in [0, 0.05) is 13.1 Å². The molecule has 3 nitrogen and oxygen atoms in total. The Balaban J connectivity index is 3.69.